The van der Waals surface area contributed by atoms with Crippen LogP contribution in [0.5, 0.6) is 11.5 Å². The van der Waals surface area contributed by atoms with Crippen LogP contribution in [-0.2, 0) is 13.1 Å². The van der Waals surface area contributed by atoms with Gasteiger partial charge in [-0.3, -0.25) is 14.7 Å². The molecule has 6 nitrogen and oxygen atoms in total. The number of nitrogens with one attached hydrogen (secondary N) is 1. The van der Waals surface area contributed by atoms with E-state index in [1.54, 1.807) is 18.2 Å². The zero-order valence-corrected chi connectivity index (χ0v) is 16.4. The monoisotopic (exact) mass is 389 g/mol. The molecule has 3 heterocycles. The lowest BCUT2D eigenvalue weighted by Crippen LogP contribution is -2.42. The van der Waals surface area contributed by atoms with E-state index >= 15 is 0 Å². The maximum atomic E-state index is 13.0. The standard InChI is InChI=1S/C23H23N3O3/c1-14-2-3-15-12-25-19(17(15)10-14)11-21-22(28)16-4-5-20(27)18(23(16)29-21)13-26-8-6-24-7-9-26/h2-5,10-11,24,27H,6-9,12-13H2,1H3/b21-11-. The number of nitrogens with zero attached hydrogens (tertiary/aromatic N) is 2. The highest BCUT2D eigenvalue weighted by Gasteiger charge is 2.32. The molecule has 0 unspecified atom stereocenters. The van der Waals surface area contributed by atoms with Gasteiger partial charge in [-0.25, -0.2) is 0 Å². The molecule has 148 valence electrons. The number of ether oxygens (including phenoxy) is 1. The van der Waals surface area contributed by atoms with Gasteiger partial charge in [-0.05, 0) is 30.7 Å². The molecule has 0 spiro atoms. The molecule has 2 aromatic carbocycles. The summed E-state index contributed by atoms with van der Waals surface area (Å²) < 4.78 is 6.01. The number of aliphatic imine (C=N–C) groups is 1. The Bertz CT molecular complexity index is 1070. The molecule has 3 aliphatic heterocycles. The number of aryl methyl sites for hydroxylation is 1. The molecule has 0 bridgehead atoms. The number of hydrogen-bond acceptors (Lipinski definition) is 6. The smallest absolute Gasteiger partial charge is 0.232 e. The summed E-state index contributed by atoms with van der Waals surface area (Å²) in [6, 6.07) is 9.47. The highest BCUT2D eigenvalue weighted by Crippen LogP contribution is 2.40. The van der Waals surface area contributed by atoms with E-state index in [1.807, 2.05) is 6.92 Å². The number of aromatic hydroxyl groups is 1. The molecule has 0 radical (unpaired) electrons. The van der Waals surface area contributed by atoms with Gasteiger partial charge >= 0.3 is 0 Å². The predicted octanol–water partition coefficient (Wildman–Crippen LogP) is 2.57. The summed E-state index contributed by atoms with van der Waals surface area (Å²) in [4.78, 5) is 19.8. The number of fused-ring (bicyclic) bond motifs is 2. The fourth-order valence-electron chi connectivity index (χ4n) is 4.11. The number of phenolic OH excluding ortho intramolecular Hbond substituents is 1. The van der Waals surface area contributed by atoms with Crippen molar-refractivity contribution in [1.29, 1.82) is 0 Å². The summed E-state index contributed by atoms with van der Waals surface area (Å²) in [5.74, 6) is 0.740. The normalized spacial score (nSPS) is 19.8. The van der Waals surface area contributed by atoms with E-state index in [1.165, 1.54) is 0 Å². The molecule has 29 heavy (non-hydrogen) atoms. The van der Waals surface area contributed by atoms with Crippen LogP contribution in [0, 0.1) is 6.92 Å². The zero-order valence-electron chi connectivity index (χ0n) is 16.4. The van der Waals surface area contributed by atoms with Crippen LogP contribution in [-0.4, -0.2) is 47.7 Å². The minimum Gasteiger partial charge on any atom is -0.507 e. The average molecular weight is 389 g/mol. The highest BCUT2D eigenvalue weighted by atomic mass is 16.5. The fraction of sp³-hybridized carbons (Fsp3) is 0.304. The summed E-state index contributed by atoms with van der Waals surface area (Å²) in [6.45, 7) is 6.84. The van der Waals surface area contributed by atoms with E-state index in [4.69, 9.17) is 4.74 Å². The van der Waals surface area contributed by atoms with Crippen LogP contribution in [0.15, 0.2) is 47.2 Å². The van der Waals surface area contributed by atoms with Crippen molar-refractivity contribution in [3.05, 3.63) is 70.0 Å². The lowest BCUT2D eigenvalue weighted by Gasteiger charge is -2.27. The van der Waals surface area contributed by atoms with Gasteiger partial charge < -0.3 is 15.2 Å². The molecule has 6 heteroatoms. The lowest BCUT2D eigenvalue weighted by molar-refractivity contribution is 0.101. The maximum Gasteiger partial charge on any atom is 0.232 e. The van der Waals surface area contributed by atoms with E-state index in [9.17, 15) is 9.90 Å². The predicted molar refractivity (Wildman–Crippen MR) is 111 cm³/mol. The Morgan fingerprint density at radius 3 is 2.86 bits per heavy atom. The molecule has 0 atom stereocenters. The molecule has 0 aliphatic carbocycles. The summed E-state index contributed by atoms with van der Waals surface area (Å²) in [5, 5.41) is 13.8. The fourth-order valence-corrected chi connectivity index (χ4v) is 4.11. The number of allylic oxidation sites excluding steroid dienone is 2. The lowest BCUT2D eigenvalue weighted by atomic mass is 10.0. The molecule has 3 aliphatic rings. The van der Waals surface area contributed by atoms with Gasteiger partial charge in [0.05, 0.1) is 23.4 Å². The summed E-state index contributed by atoms with van der Waals surface area (Å²) in [6.07, 6.45) is 1.74. The van der Waals surface area contributed by atoms with E-state index in [0.717, 1.165) is 48.6 Å². The third-order valence-corrected chi connectivity index (χ3v) is 5.74. The van der Waals surface area contributed by atoms with E-state index < -0.39 is 0 Å². The van der Waals surface area contributed by atoms with Gasteiger partial charge in [0, 0.05) is 44.4 Å². The van der Waals surface area contributed by atoms with Gasteiger partial charge in [0.2, 0.25) is 5.78 Å². The van der Waals surface area contributed by atoms with Crippen molar-refractivity contribution in [3.63, 3.8) is 0 Å². The minimum absolute atomic E-state index is 0.162. The first-order valence-electron chi connectivity index (χ1n) is 9.96. The number of benzene rings is 2. The third-order valence-electron chi connectivity index (χ3n) is 5.74. The van der Waals surface area contributed by atoms with E-state index in [-0.39, 0.29) is 17.3 Å². The molecule has 2 aromatic rings. The van der Waals surface area contributed by atoms with Crippen LogP contribution in [0.2, 0.25) is 0 Å². The van der Waals surface area contributed by atoms with E-state index in [2.05, 4.69) is 33.4 Å². The Labute approximate surface area is 169 Å². The Kier molecular flexibility index (Phi) is 4.45. The summed E-state index contributed by atoms with van der Waals surface area (Å²) >= 11 is 0. The summed E-state index contributed by atoms with van der Waals surface area (Å²) in [7, 11) is 0. The Balaban J connectivity index is 1.46. The largest absolute Gasteiger partial charge is 0.507 e. The van der Waals surface area contributed by atoms with Gasteiger partial charge in [0.25, 0.3) is 0 Å². The second-order valence-corrected chi connectivity index (χ2v) is 7.77. The van der Waals surface area contributed by atoms with Gasteiger partial charge in [0.15, 0.2) is 5.76 Å². The van der Waals surface area contributed by atoms with Crippen LogP contribution in [0.1, 0.15) is 32.6 Å². The molecule has 1 saturated heterocycles. The number of carbonyl (C=O) groups excluding carboxylic acids is 1. The number of rotatable bonds is 3. The van der Waals surface area contributed by atoms with Gasteiger partial charge in [-0.1, -0.05) is 17.7 Å². The zero-order chi connectivity index (χ0) is 20.0. The van der Waals surface area contributed by atoms with Gasteiger partial charge in [0.1, 0.15) is 11.5 Å². The molecule has 0 aromatic heterocycles. The number of carbonyl (C=O) groups is 1. The number of ketones is 1. The molecular weight excluding hydrogens is 366 g/mol. The second-order valence-electron chi connectivity index (χ2n) is 7.77. The van der Waals surface area contributed by atoms with Crippen LogP contribution in [0.4, 0.5) is 0 Å². The first-order chi connectivity index (χ1) is 14.1. The van der Waals surface area contributed by atoms with Crippen molar-refractivity contribution in [2.45, 2.75) is 20.0 Å². The highest BCUT2D eigenvalue weighted by molar-refractivity contribution is 6.19. The van der Waals surface area contributed by atoms with Crippen molar-refractivity contribution in [2.75, 3.05) is 26.2 Å². The Hall–Kier alpha value is -2.96. The van der Waals surface area contributed by atoms with Crippen LogP contribution >= 0.6 is 0 Å². The SMILES string of the molecule is Cc1ccc2c(c1)C(/C=C1\Oc3c(ccc(O)c3CN3CCNCC3)C1=O)=NC2. The molecular formula is C23H23N3O3. The van der Waals surface area contributed by atoms with Crippen molar-refractivity contribution in [3.8, 4) is 11.5 Å². The maximum absolute atomic E-state index is 13.0. The molecule has 2 N–H and O–H groups in total. The van der Waals surface area contributed by atoms with Crippen LogP contribution in [0.3, 0.4) is 0 Å². The van der Waals surface area contributed by atoms with Crippen molar-refractivity contribution >= 4 is 11.5 Å². The van der Waals surface area contributed by atoms with Crippen LogP contribution < -0.4 is 10.1 Å². The molecule has 1 fully saturated rings. The van der Waals surface area contributed by atoms with Crippen LogP contribution in [0.25, 0.3) is 0 Å². The van der Waals surface area contributed by atoms with Crippen molar-refractivity contribution < 1.29 is 14.6 Å². The average Bonchev–Trinajstić information content (AvgIpc) is 3.26. The Morgan fingerprint density at radius 1 is 1.21 bits per heavy atom. The van der Waals surface area contributed by atoms with Crippen molar-refractivity contribution in [2.24, 2.45) is 4.99 Å². The second kappa shape index (κ2) is 7.13. The van der Waals surface area contributed by atoms with E-state index in [0.29, 0.717) is 30.0 Å². The number of Topliss-reactive ketones (excluding diaryl/α,β-unsaturated/α-hetero) is 1. The summed E-state index contributed by atoms with van der Waals surface area (Å²) in [5.41, 5.74) is 5.30. The minimum atomic E-state index is -0.162. The molecule has 0 saturated carbocycles. The van der Waals surface area contributed by atoms with Crippen molar-refractivity contribution in [1.82, 2.24) is 10.2 Å². The molecule has 5 rings (SSSR count). The molecule has 0 amide bonds. The third kappa shape index (κ3) is 3.24. The first kappa shape index (κ1) is 18.1. The van der Waals surface area contributed by atoms with Gasteiger partial charge in [-0.2, -0.15) is 0 Å². The number of phenols is 1. The van der Waals surface area contributed by atoms with Gasteiger partial charge in [-0.15, -0.1) is 0 Å². The number of piperazine rings is 1. The number of hydrogen-bond donors (Lipinski definition) is 2. The Morgan fingerprint density at radius 2 is 2.03 bits per heavy atom. The first-order valence-corrected chi connectivity index (χ1v) is 9.96. The quantitative estimate of drug-likeness (QED) is 0.790. The topological polar surface area (TPSA) is 74.2 Å².